The van der Waals surface area contributed by atoms with Crippen molar-refractivity contribution >= 4 is 21.5 Å². The van der Waals surface area contributed by atoms with Crippen LogP contribution >= 0.6 is 0 Å². The molecule has 0 aliphatic heterocycles. The summed E-state index contributed by atoms with van der Waals surface area (Å²) in [5.74, 6) is -20.3. The van der Waals surface area contributed by atoms with Crippen LogP contribution < -0.4 is 0 Å². The number of rotatable bonds is 0. The van der Waals surface area contributed by atoms with Crippen molar-refractivity contribution in [1.82, 2.24) is 0 Å². The van der Waals surface area contributed by atoms with Crippen LogP contribution in [0, 0.1) is 58.4 Å². The second-order valence-electron chi connectivity index (χ2n) is 4.45. The lowest BCUT2D eigenvalue weighted by atomic mass is 9.98. The average molecular weight is 339 g/mol. The van der Waals surface area contributed by atoms with Crippen LogP contribution in [-0.4, -0.2) is 0 Å². The topological polar surface area (TPSA) is 0 Å². The fraction of sp³-hybridized carbons (Fsp3) is 0. The minimum Gasteiger partial charge on any atom is -0.205 e. The van der Waals surface area contributed by atoms with E-state index in [1.807, 2.05) is 0 Å². The molecule has 0 amide bonds. The first kappa shape index (κ1) is 15.4. The largest absolute Gasteiger partial charge is 0.205 e. The summed E-state index contributed by atoms with van der Waals surface area (Å²) in [6.45, 7) is 0. The summed E-state index contributed by atoms with van der Waals surface area (Å²) in [7, 11) is 0. The van der Waals surface area contributed by atoms with Crippen molar-refractivity contribution in [3.8, 4) is 0 Å². The van der Waals surface area contributed by atoms with E-state index in [4.69, 9.17) is 0 Å². The van der Waals surface area contributed by atoms with Gasteiger partial charge in [0, 0.05) is 10.8 Å². The van der Waals surface area contributed by atoms with E-state index in [0.717, 1.165) is 6.07 Å². The summed E-state index contributed by atoms with van der Waals surface area (Å²) in [6.07, 6.45) is 0. The van der Waals surface area contributed by atoms with Crippen LogP contribution in [-0.2, 0) is 0 Å². The van der Waals surface area contributed by atoms with E-state index in [0.29, 0.717) is 0 Å². The second-order valence-corrected chi connectivity index (χ2v) is 4.45. The van der Waals surface area contributed by atoms with Gasteiger partial charge in [-0.05, 0) is 0 Å². The van der Waals surface area contributed by atoms with E-state index in [1.165, 1.54) is 0 Å². The van der Waals surface area contributed by atoms with Crippen LogP contribution in [0.15, 0.2) is 0 Å². The van der Waals surface area contributed by atoms with Crippen LogP contribution in [0.1, 0.15) is 0 Å². The van der Waals surface area contributed by atoms with E-state index < -0.39 is 73.9 Å². The van der Waals surface area contributed by atoms with Crippen molar-refractivity contribution in [2.45, 2.75) is 0 Å². The van der Waals surface area contributed by atoms with Gasteiger partial charge in [0.15, 0.2) is 46.5 Å². The highest BCUT2D eigenvalue weighted by Gasteiger charge is 2.30. The number of hydrogen-bond donors (Lipinski definition) is 0. The van der Waals surface area contributed by atoms with E-state index in [2.05, 4.69) is 0 Å². The van der Waals surface area contributed by atoms with E-state index in [-0.39, 0.29) is 0 Å². The lowest BCUT2D eigenvalue weighted by molar-refractivity contribution is 0.415. The number of fused-ring (bicyclic) bond motifs is 3. The number of hydrogen-bond acceptors (Lipinski definition) is 0. The Morgan fingerprint density at radius 2 is 0.739 bits per heavy atom. The fourth-order valence-corrected chi connectivity index (χ4v) is 2.28. The first-order valence-electron chi connectivity index (χ1n) is 5.70. The van der Waals surface area contributed by atoms with Gasteiger partial charge in [-0.1, -0.05) is 0 Å². The number of halogens is 9. The maximum atomic E-state index is 13.8. The molecule has 0 heterocycles. The molecule has 9 heteroatoms. The molecule has 0 aliphatic rings. The Bertz CT molecular complexity index is 1010. The van der Waals surface area contributed by atoms with Gasteiger partial charge in [0.1, 0.15) is 5.82 Å². The normalized spacial score (nSPS) is 11.7. The van der Waals surface area contributed by atoms with Gasteiger partial charge in [-0.25, -0.2) is 39.5 Å². The SMILES string of the molecule is Fc1[c]c(F)c2c(c1F)c(F)c(F)c1c(F)c(F)c(F)c(F)c12. The van der Waals surface area contributed by atoms with Crippen LogP contribution in [0.4, 0.5) is 39.5 Å². The molecule has 0 fully saturated rings. The third kappa shape index (κ3) is 1.82. The zero-order valence-corrected chi connectivity index (χ0v) is 10.4. The lowest BCUT2D eigenvalue weighted by Crippen LogP contribution is -2.05. The minimum atomic E-state index is -2.47. The summed E-state index contributed by atoms with van der Waals surface area (Å²) in [5.41, 5.74) is 0. The van der Waals surface area contributed by atoms with E-state index in [1.54, 1.807) is 0 Å². The Morgan fingerprint density at radius 1 is 0.348 bits per heavy atom. The Labute approximate surface area is 120 Å². The van der Waals surface area contributed by atoms with Gasteiger partial charge >= 0.3 is 0 Å². The fourth-order valence-electron chi connectivity index (χ4n) is 2.28. The Hall–Kier alpha value is -2.45. The van der Waals surface area contributed by atoms with E-state index in [9.17, 15) is 39.5 Å². The summed E-state index contributed by atoms with van der Waals surface area (Å²) < 4.78 is 122. The van der Waals surface area contributed by atoms with Crippen LogP contribution in [0.25, 0.3) is 21.5 Å². The van der Waals surface area contributed by atoms with Gasteiger partial charge in [0.05, 0.1) is 16.8 Å². The van der Waals surface area contributed by atoms with Gasteiger partial charge < -0.3 is 0 Å². The molecule has 3 aromatic rings. The third-order valence-corrected chi connectivity index (χ3v) is 3.25. The summed E-state index contributed by atoms with van der Waals surface area (Å²) in [6, 6.07) is 1.10. The summed E-state index contributed by atoms with van der Waals surface area (Å²) in [4.78, 5) is 0. The maximum absolute atomic E-state index is 13.8. The smallest absolute Gasteiger partial charge is 0.198 e. The predicted octanol–water partition coefficient (Wildman–Crippen LogP) is 5.05. The zero-order valence-electron chi connectivity index (χ0n) is 10.4. The summed E-state index contributed by atoms with van der Waals surface area (Å²) in [5, 5.41) is -6.60. The molecule has 119 valence electrons. The highest BCUT2D eigenvalue weighted by molar-refractivity contribution is 6.09. The molecule has 0 spiro atoms. The highest BCUT2D eigenvalue weighted by Crippen LogP contribution is 2.39. The molecule has 0 unspecified atom stereocenters. The molecule has 1 radical (unpaired) electrons. The first-order valence-corrected chi connectivity index (χ1v) is 5.70. The van der Waals surface area contributed by atoms with Crippen LogP contribution in [0.2, 0.25) is 0 Å². The Balaban J connectivity index is 2.84. The number of benzene rings is 3. The van der Waals surface area contributed by atoms with Crippen LogP contribution in [0.3, 0.4) is 0 Å². The van der Waals surface area contributed by atoms with Crippen molar-refractivity contribution in [3.05, 3.63) is 58.4 Å². The third-order valence-electron chi connectivity index (χ3n) is 3.25. The van der Waals surface area contributed by atoms with Gasteiger partial charge in [-0.2, -0.15) is 0 Å². The molecule has 0 atom stereocenters. The van der Waals surface area contributed by atoms with Gasteiger partial charge in [-0.15, -0.1) is 0 Å². The van der Waals surface area contributed by atoms with E-state index >= 15 is 0 Å². The van der Waals surface area contributed by atoms with Gasteiger partial charge in [0.2, 0.25) is 0 Å². The van der Waals surface area contributed by atoms with Crippen molar-refractivity contribution in [3.63, 3.8) is 0 Å². The quantitative estimate of drug-likeness (QED) is 0.233. The second kappa shape index (κ2) is 4.77. The maximum Gasteiger partial charge on any atom is 0.198 e. The Morgan fingerprint density at radius 3 is 1.26 bits per heavy atom. The molecule has 0 saturated carbocycles. The molecular weight excluding hydrogens is 339 g/mol. The molecule has 23 heavy (non-hydrogen) atoms. The molecular formula is C14F9. The van der Waals surface area contributed by atoms with Crippen LogP contribution in [0.5, 0.6) is 0 Å². The monoisotopic (exact) mass is 339 g/mol. The molecule has 0 bridgehead atoms. The van der Waals surface area contributed by atoms with Crippen molar-refractivity contribution in [2.24, 2.45) is 0 Å². The standard InChI is InChI=1S/C14F9/c15-2-1-3(16)8(17)6-4(2)5-7(11(20)10(6)19)12(21)14(23)13(22)9(5)18. The van der Waals surface area contributed by atoms with Crippen molar-refractivity contribution in [1.29, 1.82) is 0 Å². The molecule has 0 aliphatic carbocycles. The Kier molecular flexibility index (Phi) is 3.20. The summed E-state index contributed by atoms with van der Waals surface area (Å²) >= 11 is 0. The molecule has 0 aromatic heterocycles. The zero-order chi connectivity index (χ0) is 17.2. The lowest BCUT2D eigenvalue weighted by Gasteiger charge is -2.12. The van der Waals surface area contributed by atoms with Gasteiger partial charge in [0.25, 0.3) is 0 Å². The van der Waals surface area contributed by atoms with Gasteiger partial charge in [-0.3, -0.25) is 0 Å². The molecule has 3 aromatic carbocycles. The van der Waals surface area contributed by atoms with Crippen molar-refractivity contribution in [2.75, 3.05) is 0 Å². The molecule has 3 rings (SSSR count). The average Bonchev–Trinajstić information content (AvgIpc) is 2.50. The minimum absolute atomic E-state index is 1.10. The first-order chi connectivity index (χ1) is 10.7. The highest BCUT2D eigenvalue weighted by atomic mass is 19.2. The van der Waals surface area contributed by atoms with Crippen molar-refractivity contribution < 1.29 is 39.5 Å². The molecule has 0 nitrogen and oxygen atoms in total. The molecule has 0 saturated heterocycles. The predicted molar refractivity (Wildman–Crippen MR) is 59.9 cm³/mol. The molecule has 0 N–H and O–H groups in total.